The maximum absolute atomic E-state index is 12.7. The van der Waals surface area contributed by atoms with Gasteiger partial charge in [-0.2, -0.15) is 0 Å². The molecule has 0 bridgehead atoms. The van der Waals surface area contributed by atoms with E-state index in [1.165, 1.54) is 11.6 Å². The van der Waals surface area contributed by atoms with Crippen LogP contribution in [0.2, 0.25) is 0 Å². The molecule has 2 aromatic rings. The second-order valence-electron chi connectivity index (χ2n) is 6.37. The van der Waals surface area contributed by atoms with Crippen LogP contribution in [0.15, 0.2) is 47.3 Å². The Bertz CT molecular complexity index is 755. The van der Waals surface area contributed by atoms with Crippen molar-refractivity contribution in [3.63, 3.8) is 0 Å². The van der Waals surface area contributed by atoms with Gasteiger partial charge in [0.2, 0.25) is 5.56 Å². The van der Waals surface area contributed by atoms with E-state index in [2.05, 4.69) is 22.4 Å². The van der Waals surface area contributed by atoms with Crippen molar-refractivity contribution in [1.82, 2.24) is 15.2 Å². The summed E-state index contributed by atoms with van der Waals surface area (Å²) < 4.78 is 0. The fraction of sp³-hybridized carbons (Fsp3) is 0.368. The molecule has 2 N–H and O–H groups in total. The summed E-state index contributed by atoms with van der Waals surface area (Å²) in [6, 6.07) is 13.7. The van der Waals surface area contributed by atoms with E-state index >= 15 is 0 Å². The van der Waals surface area contributed by atoms with E-state index in [0.717, 1.165) is 25.9 Å². The number of aromatic amines is 1. The van der Waals surface area contributed by atoms with Crippen LogP contribution in [0.4, 0.5) is 0 Å². The highest BCUT2D eigenvalue weighted by molar-refractivity contribution is 5.94. The third-order valence-electron chi connectivity index (χ3n) is 4.37. The summed E-state index contributed by atoms with van der Waals surface area (Å²) >= 11 is 0. The van der Waals surface area contributed by atoms with Crippen LogP contribution in [0.25, 0.3) is 0 Å². The zero-order valence-corrected chi connectivity index (χ0v) is 13.9. The lowest BCUT2D eigenvalue weighted by molar-refractivity contribution is 0.0694. The van der Waals surface area contributed by atoms with Gasteiger partial charge in [0.15, 0.2) is 0 Å². The molecule has 1 saturated heterocycles. The SMILES string of the molecule is Cc1cc(C(=O)N2CCC[C@H](NCc3ccccc3)C2)cc(=O)[nH]1. The van der Waals surface area contributed by atoms with Crippen LogP contribution in [-0.2, 0) is 6.54 Å². The number of nitrogens with one attached hydrogen (secondary N) is 2. The van der Waals surface area contributed by atoms with Gasteiger partial charge in [-0.05, 0) is 31.4 Å². The molecule has 24 heavy (non-hydrogen) atoms. The molecular formula is C19H23N3O2. The van der Waals surface area contributed by atoms with E-state index in [4.69, 9.17) is 0 Å². The highest BCUT2D eigenvalue weighted by Crippen LogP contribution is 2.14. The average molecular weight is 325 g/mol. The van der Waals surface area contributed by atoms with Gasteiger partial charge in [-0.3, -0.25) is 9.59 Å². The van der Waals surface area contributed by atoms with Crippen molar-refractivity contribution in [3.05, 3.63) is 69.6 Å². The van der Waals surface area contributed by atoms with Crippen LogP contribution in [0.1, 0.15) is 34.5 Å². The van der Waals surface area contributed by atoms with E-state index in [0.29, 0.717) is 17.8 Å². The minimum Gasteiger partial charge on any atom is -0.337 e. The Morgan fingerprint density at radius 3 is 2.83 bits per heavy atom. The van der Waals surface area contributed by atoms with Gasteiger partial charge in [0.05, 0.1) is 0 Å². The van der Waals surface area contributed by atoms with Gasteiger partial charge in [-0.25, -0.2) is 0 Å². The zero-order chi connectivity index (χ0) is 16.9. The summed E-state index contributed by atoms with van der Waals surface area (Å²) in [7, 11) is 0. The van der Waals surface area contributed by atoms with Crippen molar-refractivity contribution in [2.75, 3.05) is 13.1 Å². The molecule has 0 aliphatic carbocycles. The first-order valence-corrected chi connectivity index (χ1v) is 8.39. The van der Waals surface area contributed by atoms with Crippen LogP contribution in [0.5, 0.6) is 0 Å². The van der Waals surface area contributed by atoms with Gasteiger partial charge >= 0.3 is 0 Å². The topological polar surface area (TPSA) is 65.2 Å². The van der Waals surface area contributed by atoms with Gasteiger partial charge in [-0.15, -0.1) is 0 Å². The molecule has 1 aliphatic heterocycles. The Kier molecular flexibility index (Phi) is 5.11. The Morgan fingerprint density at radius 2 is 2.08 bits per heavy atom. The third kappa shape index (κ3) is 4.11. The van der Waals surface area contributed by atoms with Crippen molar-refractivity contribution in [3.8, 4) is 0 Å². The number of hydrogen-bond acceptors (Lipinski definition) is 3. The number of benzene rings is 1. The number of rotatable bonds is 4. The number of carbonyl (C=O) groups is 1. The lowest BCUT2D eigenvalue weighted by atomic mass is 10.0. The number of carbonyl (C=O) groups excluding carboxylic acids is 1. The number of aromatic nitrogens is 1. The highest BCUT2D eigenvalue weighted by atomic mass is 16.2. The van der Waals surface area contributed by atoms with E-state index in [9.17, 15) is 9.59 Å². The molecule has 1 aliphatic rings. The molecule has 3 rings (SSSR count). The lowest BCUT2D eigenvalue weighted by Crippen LogP contribution is -2.47. The van der Waals surface area contributed by atoms with Crippen molar-refractivity contribution < 1.29 is 4.79 Å². The van der Waals surface area contributed by atoms with E-state index < -0.39 is 0 Å². The molecule has 0 unspecified atom stereocenters. The zero-order valence-electron chi connectivity index (χ0n) is 13.9. The lowest BCUT2D eigenvalue weighted by Gasteiger charge is -2.33. The molecule has 1 aromatic heterocycles. The molecule has 1 amide bonds. The summed E-state index contributed by atoms with van der Waals surface area (Å²) in [5.41, 5.74) is 2.20. The molecule has 0 saturated carbocycles. The quantitative estimate of drug-likeness (QED) is 0.904. The molecule has 0 radical (unpaired) electrons. The predicted octanol–water partition coefficient (Wildman–Crippen LogP) is 2.08. The first kappa shape index (κ1) is 16.5. The number of aryl methyl sites for hydroxylation is 1. The minimum atomic E-state index is -0.228. The predicted molar refractivity (Wildman–Crippen MR) is 94.0 cm³/mol. The summed E-state index contributed by atoms with van der Waals surface area (Å²) in [6.07, 6.45) is 2.03. The van der Waals surface area contributed by atoms with E-state index in [1.807, 2.05) is 23.1 Å². The normalized spacial score (nSPS) is 17.7. The molecular weight excluding hydrogens is 302 g/mol. The summed E-state index contributed by atoms with van der Waals surface area (Å²) in [6.45, 7) is 4.02. The van der Waals surface area contributed by atoms with Crippen LogP contribution < -0.4 is 10.9 Å². The molecule has 5 nitrogen and oxygen atoms in total. The number of amides is 1. The van der Waals surface area contributed by atoms with Gasteiger partial charge in [-0.1, -0.05) is 30.3 Å². The first-order valence-electron chi connectivity index (χ1n) is 8.39. The minimum absolute atomic E-state index is 0.0598. The van der Waals surface area contributed by atoms with Crippen LogP contribution in [0.3, 0.4) is 0 Å². The van der Waals surface area contributed by atoms with Crippen LogP contribution >= 0.6 is 0 Å². The summed E-state index contributed by atoms with van der Waals surface area (Å²) in [5.74, 6) is -0.0598. The maximum Gasteiger partial charge on any atom is 0.254 e. The van der Waals surface area contributed by atoms with Crippen molar-refractivity contribution in [2.45, 2.75) is 32.4 Å². The van der Waals surface area contributed by atoms with E-state index in [1.54, 1.807) is 13.0 Å². The smallest absolute Gasteiger partial charge is 0.254 e. The molecule has 126 valence electrons. The fourth-order valence-corrected chi connectivity index (χ4v) is 3.17. The largest absolute Gasteiger partial charge is 0.337 e. The number of nitrogens with zero attached hydrogens (tertiary/aromatic N) is 1. The number of likely N-dealkylation sites (tertiary alicyclic amines) is 1. The molecule has 1 aromatic carbocycles. The monoisotopic (exact) mass is 325 g/mol. The summed E-state index contributed by atoms with van der Waals surface area (Å²) in [5, 5.41) is 3.54. The third-order valence-corrected chi connectivity index (χ3v) is 4.37. The van der Waals surface area contributed by atoms with Gasteiger partial charge in [0.25, 0.3) is 5.91 Å². The van der Waals surface area contributed by atoms with Gasteiger partial charge in [0, 0.05) is 43.0 Å². The average Bonchev–Trinajstić information content (AvgIpc) is 2.59. The van der Waals surface area contributed by atoms with Crippen LogP contribution in [-0.4, -0.2) is 34.9 Å². The van der Waals surface area contributed by atoms with Crippen LogP contribution in [0, 0.1) is 6.92 Å². The van der Waals surface area contributed by atoms with Crippen molar-refractivity contribution >= 4 is 5.91 Å². The number of pyridine rings is 1. The molecule has 2 heterocycles. The highest BCUT2D eigenvalue weighted by Gasteiger charge is 2.24. The Balaban J connectivity index is 1.62. The molecule has 1 atom stereocenters. The van der Waals surface area contributed by atoms with Gasteiger partial charge < -0.3 is 15.2 Å². The number of hydrogen-bond donors (Lipinski definition) is 2. The summed E-state index contributed by atoms with van der Waals surface area (Å²) in [4.78, 5) is 28.8. The fourth-order valence-electron chi connectivity index (χ4n) is 3.17. The van der Waals surface area contributed by atoms with Crippen molar-refractivity contribution in [1.29, 1.82) is 0 Å². The molecule has 0 spiro atoms. The van der Waals surface area contributed by atoms with Gasteiger partial charge in [0.1, 0.15) is 0 Å². The number of piperidine rings is 1. The second kappa shape index (κ2) is 7.45. The Labute approximate surface area is 141 Å². The molecule has 1 fully saturated rings. The Morgan fingerprint density at radius 1 is 1.29 bits per heavy atom. The van der Waals surface area contributed by atoms with Crippen molar-refractivity contribution in [2.24, 2.45) is 0 Å². The maximum atomic E-state index is 12.7. The second-order valence-corrected chi connectivity index (χ2v) is 6.37. The Hall–Kier alpha value is -2.40. The van der Waals surface area contributed by atoms with E-state index in [-0.39, 0.29) is 17.5 Å². The molecule has 5 heteroatoms. The standard InChI is InChI=1S/C19H23N3O2/c1-14-10-16(11-18(23)21-14)19(24)22-9-5-8-17(13-22)20-12-15-6-3-2-4-7-15/h2-4,6-7,10-11,17,20H,5,8-9,12-13H2,1H3,(H,21,23)/t17-/m0/s1. The first-order chi connectivity index (χ1) is 11.6. The number of H-pyrrole nitrogens is 1.